The molecule has 7 nitrogen and oxygen atoms in total. The van der Waals surface area contributed by atoms with Gasteiger partial charge in [-0.25, -0.2) is 9.59 Å². The van der Waals surface area contributed by atoms with Crippen molar-refractivity contribution in [2.45, 2.75) is 71.1 Å². The zero-order valence-corrected chi connectivity index (χ0v) is 16.5. The number of unbranched alkanes of at least 4 members (excludes halogenated alkanes) is 1. The Labute approximate surface area is 160 Å². The number of carboxylic acid groups (broad SMARTS) is 1. The molecule has 0 heterocycles. The molecule has 2 amide bonds. The number of nitrogens with one attached hydrogen (secondary N) is 2. The predicted molar refractivity (Wildman–Crippen MR) is 102 cm³/mol. The summed E-state index contributed by atoms with van der Waals surface area (Å²) in [5, 5.41) is 14.4. The second kappa shape index (κ2) is 10.5. The number of hydrogen-bond acceptors (Lipinski definition) is 4. The highest BCUT2D eigenvalue weighted by atomic mass is 16.6. The van der Waals surface area contributed by atoms with Crippen LogP contribution in [0.1, 0.15) is 52.5 Å². The number of carbonyl (C=O) groups excluding carboxylic acids is 2. The molecule has 0 radical (unpaired) electrons. The summed E-state index contributed by atoms with van der Waals surface area (Å²) in [5.74, 6) is -1.64. The fourth-order valence-corrected chi connectivity index (χ4v) is 2.45. The number of carbonyl (C=O) groups is 3. The summed E-state index contributed by atoms with van der Waals surface area (Å²) < 4.78 is 5.23. The molecule has 0 aliphatic carbocycles. The second-order valence-corrected chi connectivity index (χ2v) is 7.43. The molecule has 7 heteroatoms. The quantitative estimate of drug-likeness (QED) is 0.613. The fourth-order valence-electron chi connectivity index (χ4n) is 2.45. The number of carboxylic acids is 1. The van der Waals surface area contributed by atoms with Crippen LogP contribution in [0.4, 0.5) is 4.79 Å². The lowest BCUT2D eigenvalue weighted by Gasteiger charge is -2.24. The molecule has 1 rings (SSSR count). The average molecular weight is 378 g/mol. The van der Waals surface area contributed by atoms with Gasteiger partial charge in [0.05, 0.1) is 0 Å². The summed E-state index contributed by atoms with van der Waals surface area (Å²) in [6, 6.07) is 7.26. The van der Waals surface area contributed by atoms with Gasteiger partial charge in [0, 0.05) is 6.42 Å². The van der Waals surface area contributed by atoms with Gasteiger partial charge in [-0.1, -0.05) is 50.1 Å². The Kier molecular flexibility index (Phi) is 8.78. The Balaban J connectivity index is 2.89. The van der Waals surface area contributed by atoms with Crippen LogP contribution in [0.3, 0.4) is 0 Å². The van der Waals surface area contributed by atoms with Crippen LogP contribution in [0.15, 0.2) is 30.3 Å². The van der Waals surface area contributed by atoms with E-state index in [4.69, 9.17) is 4.74 Å². The lowest BCUT2D eigenvalue weighted by Crippen LogP contribution is -2.53. The number of ether oxygens (including phenoxy) is 1. The molecule has 27 heavy (non-hydrogen) atoms. The van der Waals surface area contributed by atoms with Crippen molar-refractivity contribution in [2.24, 2.45) is 0 Å². The van der Waals surface area contributed by atoms with Gasteiger partial charge in [0.2, 0.25) is 5.91 Å². The molecule has 2 atom stereocenters. The summed E-state index contributed by atoms with van der Waals surface area (Å²) in [6.45, 7) is 7.13. The van der Waals surface area contributed by atoms with Crippen LogP contribution < -0.4 is 10.6 Å². The lowest BCUT2D eigenvalue weighted by molar-refractivity contribution is -0.142. The SMILES string of the molecule is CCCCC(NC(=O)C(Cc1ccccc1)NC(=O)OC(C)(C)C)C(=O)O. The Morgan fingerprint density at radius 3 is 2.22 bits per heavy atom. The molecule has 0 saturated carbocycles. The van der Waals surface area contributed by atoms with E-state index in [1.807, 2.05) is 37.3 Å². The minimum atomic E-state index is -1.09. The highest BCUT2D eigenvalue weighted by molar-refractivity contribution is 5.89. The second-order valence-electron chi connectivity index (χ2n) is 7.43. The van der Waals surface area contributed by atoms with E-state index in [2.05, 4.69) is 10.6 Å². The normalized spacial score (nSPS) is 13.3. The predicted octanol–water partition coefficient (Wildman–Crippen LogP) is 2.88. The van der Waals surface area contributed by atoms with Crippen LogP contribution in [-0.2, 0) is 20.7 Å². The van der Waals surface area contributed by atoms with E-state index < -0.39 is 35.7 Å². The van der Waals surface area contributed by atoms with Crippen molar-refractivity contribution in [3.05, 3.63) is 35.9 Å². The number of hydrogen-bond donors (Lipinski definition) is 3. The third-order valence-corrected chi connectivity index (χ3v) is 3.75. The van der Waals surface area contributed by atoms with Crippen LogP contribution in [-0.4, -0.2) is 40.8 Å². The van der Waals surface area contributed by atoms with Crippen molar-refractivity contribution in [3.8, 4) is 0 Å². The van der Waals surface area contributed by atoms with Crippen LogP contribution in [0.25, 0.3) is 0 Å². The Morgan fingerprint density at radius 1 is 1.07 bits per heavy atom. The third-order valence-electron chi connectivity index (χ3n) is 3.75. The van der Waals surface area contributed by atoms with Gasteiger partial charge < -0.3 is 20.5 Å². The first-order chi connectivity index (χ1) is 12.6. The van der Waals surface area contributed by atoms with Gasteiger partial charge in [0.1, 0.15) is 17.7 Å². The Bertz CT molecular complexity index is 625. The molecule has 0 fully saturated rings. The maximum Gasteiger partial charge on any atom is 0.408 e. The first-order valence-corrected chi connectivity index (χ1v) is 9.19. The molecule has 150 valence electrons. The van der Waals surface area contributed by atoms with E-state index in [-0.39, 0.29) is 6.42 Å². The minimum absolute atomic E-state index is 0.228. The summed E-state index contributed by atoms with van der Waals surface area (Å²) >= 11 is 0. The highest BCUT2D eigenvalue weighted by Crippen LogP contribution is 2.09. The summed E-state index contributed by atoms with van der Waals surface area (Å²) in [5.41, 5.74) is 0.136. The summed E-state index contributed by atoms with van der Waals surface area (Å²) in [4.78, 5) is 36.2. The van der Waals surface area contributed by atoms with E-state index in [0.29, 0.717) is 12.8 Å². The van der Waals surface area contributed by atoms with Crippen LogP contribution in [0, 0.1) is 0 Å². The average Bonchev–Trinajstić information content (AvgIpc) is 2.56. The molecule has 0 spiro atoms. The van der Waals surface area contributed by atoms with Gasteiger partial charge >= 0.3 is 12.1 Å². The molecule has 0 aliphatic rings. The molecule has 1 aromatic carbocycles. The fraction of sp³-hybridized carbons (Fsp3) is 0.550. The number of benzene rings is 1. The van der Waals surface area contributed by atoms with Crippen LogP contribution in [0.2, 0.25) is 0 Å². The van der Waals surface area contributed by atoms with Crippen LogP contribution >= 0.6 is 0 Å². The van der Waals surface area contributed by atoms with Crippen molar-refractivity contribution in [3.63, 3.8) is 0 Å². The molecular formula is C20H30N2O5. The maximum absolute atomic E-state index is 12.7. The lowest BCUT2D eigenvalue weighted by atomic mass is 10.0. The largest absolute Gasteiger partial charge is 0.480 e. The number of amides is 2. The Hall–Kier alpha value is -2.57. The Morgan fingerprint density at radius 2 is 1.70 bits per heavy atom. The number of rotatable bonds is 9. The van der Waals surface area contributed by atoms with E-state index >= 15 is 0 Å². The van der Waals surface area contributed by atoms with Crippen LogP contribution in [0.5, 0.6) is 0 Å². The summed E-state index contributed by atoms with van der Waals surface area (Å²) in [6.07, 6.45) is 1.34. The van der Waals surface area contributed by atoms with Gasteiger partial charge in [0.15, 0.2) is 0 Å². The van der Waals surface area contributed by atoms with E-state index in [0.717, 1.165) is 12.0 Å². The van der Waals surface area contributed by atoms with Gasteiger partial charge in [0.25, 0.3) is 0 Å². The van der Waals surface area contributed by atoms with Gasteiger partial charge in [-0.2, -0.15) is 0 Å². The monoisotopic (exact) mass is 378 g/mol. The topological polar surface area (TPSA) is 105 Å². The molecule has 0 saturated heterocycles. The van der Waals surface area contributed by atoms with Gasteiger partial charge in [-0.05, 0) is 32.8 Å². The highest BCUT2D eigenvalue weighted by Gasteiger charge is 2.28. The molecule has 3 N–H and O–H groups in total. The van der Waals surface area contributed by atoms with Crippen molar-refractivity contribution in [1.82, 2.24) is 10.6 Å². The van der Waals surface area contributed by atoms with Gasteiger partial charge in [-0.3, -0.25) is 4.79 Å². The van der Waals surface area contributed by atoms with Crippen molar-refractivity contribution in [2.75, 3.05) is 0 Å². The molecule has 0 aromatic heterocycles. The zero-order chi connectivity index (χ0) is 20.4. The third kappa shape index (κ3) is 9.08. The summed E-state index contributed by atoms with van der Waals surface area (Å²) in [7, 11) is 0. The minimum Gasteiger partial charge on any atom is -0.480 e. The first kappa shape index (κ1) is 22.5. The van der Waals surface area contributed by atoms with Crippen molar-refractivity contribution < 1.29 is 24.2 Å². The maximum atomic E-state index is 12.7. The van der Waals surface area contributed by atoms with Crippen molar-refractivity contribution >= 4 is 18.0 Å². The van der Waals surface area contributed by atoms with E-state index in [1.54, 1.807) is 20.8 Å². The number of alkyl carbamates (subject to hydrolysis) is 1. The van der Waals surface area contributed by atoms with Gasteiger partial charge in [-0.15, -0.1) is 0 Å². The smallest absolute Gasteiger partial charge is 0.408 e. The molecule has 2 unspecified atom stereocenters. The number of aliphatic carboxylic acids is 1. The molecule has 0 bridgehead atoms. The van der Waals surface area contributed by atoms with Crippen molar-refractivity contribution in [1.29, 1.82) is 0 Å². The molecular weight excluding hydrogens is 348 g/mol. The molecule has 1 aromatic rings. The molecule has 0 aliphatic heterocycles. The van der Waals surface area contributed by atoms with E-state index in [1.165, 1.54) is 0 Å². The van der Waals surface area contributed by atoms with E-state index in [9.17, 15) is 19.5 Å². The standard InChI is InChI=1S/C20H30N2O5/c1-5-6-12-15(18(24)25)21-17(23)16(13-14-10-8-7-9-11-14)22-19(26)27-20(2,3)4/h7-11,15-16H,5-6,12-13H2,1-4H3,(H,21,23)(H,22,26)(H,24,25). The zero-order valence-electron chi connectivity index (χ0n) is 16.5. The first-order valence-electron chi connectivity index (χ1n) is 9.19.